The molecular weight excluding hydrogens is 391 g/mol. The molecule has 10 heteroatoms. The first-order valence-electron chi connectivity index (χ1n) is 8.65. The van der Waals surface area contributed by atoms with Crippen LogP contribution in [-0.4, -0.2) is 61.3 Å². The second-order valence-electron chi connectivity index (χ2n) is 6.17. The Kier molecular flexibility index (Phi) is 5.86. The Morgan fingerprint density at radius 2 is 1.93 bits per heavy atom. The van der Waals surface area contributed by atoms with Crippen LogP contribution in [0.25, 0.3) is 5.69 Å². The highest BCUT2D eigenvalue weighted by atomic mass is 35.5. The molecule has 27 heavy (non-hydrogen) atoms. The number of aromatic nitrogens is 4. The average molecular weight is 411 g/mol. The van der Waals surface area contributed by atoms with Crippen molar-refractivity contribution < 1.29 is 4.79 Å². The van der Waals surface area contributed by atoms with Crippen LogP contribution in [0.1, 0.15) is 19.8 Å². The van der Waals surface area contributed by atoms with E-state index < -0.39 is 11.7 Å². The Bertz CT molecular complexity index is 881. The van der Waals surface area contributed by atoms with Crippen LogP contribution < -0.4 is 5.69 Å². The summed E-state index contributed by atoms with van der Waals surface area (Å²) >= 11 is 12.3. The molecule has 0 saturated carbocycles. The highest BCUT2D eigenvalue weighted by Gasteiger charge is 2.29. The molecule has 0 aliphatic carbocycles. The zero-order valence-electron chi connectivity index (χ0n) is 14.9. The van der Waals surface area contributed by atoms with E-state index in [1.165, 1.54) is 0 Å². The molecule has 8 nitrogen and oxygen atoms in total. The van der Waals surface area contributed by atoms with Gasteiger partial charge in [-0.1, -0.05) is 35.8 Å². The van der Waals surface area contributed by atoms with Gasteiger partial charge in [0.25, 0.3) is 0 Å². The monoisotopic (exact) mass is 410 g/mol. The van der Waals surface area contributed by atoms with Crippen molar-refractivity contribution in [3.05, 3.63) is 51.5 Å². The SMILES string of the molecule is C=CN1CCC(N(CC)C(=O)n2nnn(-c3c(Cl)cccc3Cl)c2=O)CC1. The zero-order valence-corrected chi connectivity index (χ0v) is 16.4. The summed E-state index contributed by atoms with van der Waals surface area (Å²) in [5, 5.41) is 8.03. The molecular formula is C17H20Cl2N6O2. The lowest BCUT2D eigenvalue weighted by Gasteiger charge is -2.37. The lowest BCUT2D eigenvalue weighted by molar-refractivity contribution is 0.139. The van der Waals surface area contributed by atoms with Gasteiger partial charge in [0.2, 0.25) is 0 Å². The van der Waals surface area contributed by atoms with Crippen molar-refractivity contribution in [3.8, 4) is 5.69 Å². The van der Waals surface area contributed by atoms with Gasteiger partial charge in [-0.05, 0) is 48.5 Å². The zero-order chi connectivity index (χ0) is 19.6. The van der Waals surface area contributed by atoms with Crippen LogP contribution in [-0.2, 0) is 0 Å². The van der Waals surface area contributed by atoms with Gasteiger partial charge in [0.1, 0.15) is 5.69 Å². The predicted octanol–water partition coefficient (Wildman–Crippen LogP) is 2.63. The fraction of sp³-hybridized carbons (Fsp3) is 0.412. The number of amides is 1. The number of carbonyl (C=O) groups is 1. The predicted molar refractivity (Wildman–Crippen MR) is 104 cm³/mol. The summed E-state index contributed by atoms with van der Waals surface area (Å²) in [4.78, 5) is 29.4. The van der Waals surface area contributed by atoms with Crippen molar-refractivity contribution in [3.63, 3.8) is 0 Å². The number of hydrogen-bond donors (Lipinski definition) is 0. The van der Waals surface area contributed by atoms with Crippen LogP contribution in [0.3, 0.4) is 0 Å². The molecule has 0 spiro atoms. The van der Waals surface area contributed by atoms with Crippen molar-refractivity contribution in [1.29, 1.82) is 0 Å². The molecule has 144 valence electrons. The molecule has 1 fully saturated rings. The minimum Gasteiger partial charge on any atom is -0.378 e. The van der Waals surface area contributed by atoms with Gasteiger partial charge in [0.15, 0.2) is 0 Å². The summed E-state index contributed by atoms with van der Waals surface area (Å²) in [5.74, 6) is 0. The molecule has 0 radical (unpaired) electrons. The Morgan fingerprint density at radius 3 is 2.48 bits per heavy atom. The van der Waals surface area contributed by atoms with Crippen LogP contribution in [0.2, 0.25) is 10.0 Å². The Hall–Kier alpha value is -2.32. The van der Waals surface area contributed by atoms with E-state index in [1.807, 2.05) is 6.92 Å². The molecule has 1 amide bonds. The molecule has 0 bridgehead atoms. The normalized spacial score (nSPS) is 15.0. The summed E-state index contributed by atoms with van der Waals surface area (Å²) in [6.07, 6.45) is 3.40. The number of benzene rings is 1. The molecule has 1 saturated heterocycles. The molecule has 1 aromatic heterocycles. The topological polar surface area (TPSA) is 76.3 Å². The summed E-state index contributed by atoms with van der Waals surface area (Å²) in [5.41, 5.74) is -0.510. The molecule has 0 unspecified atom stereocenters. The van der Waals surface area contributed by atoms with Gasteiger partial charge < -0.3 is 9.80 Å². The fourth-order valence-corrected chi connectivity index (χ4v) is 3.81. The molecule has 0 atom stereocenters. The quantitative estimate of drug-likeness (QED) is 0.723. The maximum absolute atomic E-state index is 12.9. The number of likely N-dealkylation sites (tertiary alicyclic amines) is 1. The fourth-order valence-electron chi connectivity index (χ4n) is 3.25. The third-order valence-electron chi connectivity index (χ3n) is 4.70. The van der Waals surface area contributed by atoms with Crippen molar-refractivity contribution in [2.75, 3.05) is 19.6 Å². The molecule has 1 aromatic carbocycles. The number of piperidine rings is 1. The second kappa shape index (κ2) is 8.14. The summed E-state index contributed by atoms with van der Waals surface area (Å²) < 4.78 is 1.69. The van der Waals surface area contributed by atoms with Crippen LogP contribution in [0, 0.1) is 0 Å². The maximum Gasteiger partial charge on any atom is 0.377 e. The molecule has 3 rings (SSSR count). The smallest absolute Gasteiger partial charge is 0.377 e. The van der Waals surface area contributed by atoms with Gasteiger partial charge in [0.05, 0.1) is 10.0 Å². The Balaban J connectivity index is 1.88. The van der Waals surface area contributed by atoms with E-state index in [1.54, 1.807) is 29.3 Å². The lowest BCUT2D eigenvalue weighted by Crippen LogP contribution is -2.49. The van der Waals surface area contributed by atoms with Gasteiger partial charge >= 0.3 is 11.7 Å². The van der Waals surface area contributed by atoms with E-state index in [-0.39, 0.29) is 21.8 Å². The summed E-state index contributed by atoms with van der Waals surface area (Å²) in [6, 6.07) is 4.35. The average Bonchev–Trinajstić information content (AvgIpc) is 3.04. The standard InChI is InChI=1S/C17H20Cl2N6O2/c1-3-22-10-8-12(9-11-22)23(4-2)16(26)25-17(27)24(20-21-25)15-13(18)6-5-7-14(15)19/h3,5-7,12H,1,4,8-11H2,2H3. The van der Waals surface area contributed by atoms with E-state index >= 15 is 0 Å². The van der Waals surface area contributed by atoms with Gasteiger partial charge in [-0.3, -0.25) is 0 Å². The Morgan fingerprint density at radius 1 is 1.30 bits per heavy atom. The molecule has 2 heterocycles. The third kappa shape index (κ3) is 3.72. The van der Waals surface area contributed by atoms with E-state index in [9.17, 15) is 9.59 Å². The summed E-state index contributed by atoms with van der Waals surface area (Å²) in [6.45, 7) is 7.74. The van der Waals surface area contributed by atoms with Crippen LogP contribution in [0.4, 0.5) is 4.79 Å². The van der Waals surface area contributed by atoms with Crippen molar-refractivity contribution in [1.82, 2.24) is 29.6 Å². The van der Waals surface area contributed by atoms with Gasteiger partial charge in [0, 0.05) is 25.7 Å². The maximum atomic E-state index is 12.9. The van der Waals surface area contributed by atoms with Crippen molar-refractivity contribution in [2.24, 2.45) is 0 Å². The molecule has 1 aliphatic rings. The number of nitrogens with zero attached hydrogens (tertiary/aromatic N) is 6. The number of tetrazole rings is 1. The number of halogens is 2. The minimum atomic E-state index is -0.711. The van der Waals surface area contributed by atoms with E-state index in [0.717, 1.165) is 35.3 Å². The lowest BCUT2D eigenvalue weighted by atomic mass is 10.0. The first-order valence-corrected chi connectivity index (χ1v) is 9.40. The minimum absolute atomic E-state index is 0.0275. The molecule has 1 aliphatic heterocycles. The van der Waals surface area contributed by atoms with Crippen LogP contribution in [0.15, 0.2) is 35.8 Å². The van der Waals surface area contributed by atoms with E-state index in [4.69, 9.17) is 23.2 Å². The first-order chi connectivity index (χ1) is 13.0. The second-order valence-corrected chi connectivity index (χ2v) is 6.99. The van der Waals surface area contributed by atoms with E-state index in [2.05, 4.69) is 21.9 Å². The van der Waals surface area contributed by atoms with Crippen molar-refractivity contribution in [2.45, 2.75) is 25.8 Å². The number of rotatable bonds is 4. The van der Waals surface area contributed by atoms with Gasteiger partial charge in [-0.15, -0.1) is 4.68 Å². The first kappa shape index (κ1) is 19.4. The van der Waals surface area contributed by atoms with Gasteiger partial charge in [-0.25, -0.2) is 9.59 Å². The Labute approximate surface area is 166 Å². The third-order valence-corrected chi connectivity index (χ3v) is 5.31. The van der Waals surface area contributed by atoms with Gasteiger partial charge in [-0.2, -0.15) is 4.68 Å². The number of hydrogen-bond acceptors (Lipinski definition) is 5. The number of para-hydroxylation sites is 1. The summed E-state index contributed by atoms with van der Waals surface area (Å²) in [7, 11) is 0. The van der Waals surface area contributed by atoms with Crippen LogP contribution in [0.5, 0.6) is 0 Å². The van der Waals surface area contributed by atoms with Crippen molar-refractivity contribution >= 4 is 29.2 Å². The number of carbonyl (C=O) groups excluding carboxylic acids is 1. The molecule has 2 aromatic rings. The largest absolute Gasteiger partial charge is 0.378 e. The van der Waals surface area contributed by atoms with E-state index in [0.29, 0.717) is 6.54 Å². The highest BCUT2D eigenvalue weighted by Crippen LogP contribution is 2.26. The highest BCUT2D eigenvalue weighted by molar-refractivity contribution is 6.37. The van der Waals surface area contributed by atoms with Crippen LogP contribution >= 0.6 is 23.2 Å². The molecule has 0 N–H and O–H groups in total.